The van der Waals surface area contributed by atoms with Gasteiger partial charge in [-0.1, -0.05) is 124 Å². The first-order chi connectivity index (χ1) is 25.7. The van der Waals surface area contributed by atoms with E-state index in [9.17, 15) is 0 Å². The van der Waals surface area contributed by atoms with Gasteiger partial charge in [-0.15, -0.1) is 0 Å². The fraction of sp³-hybridized carbons (Fsp3) is 0.170. The SMILES string of the molecule is CCCCc1ccc2c(c1)c1c(ccc3c4cc(CCCC)ccc4n(-c4nc(-c5ccccc5)nc(-c5ccccc5)n4)c31)n2-c1ccccc1. The van der Waals surface area contributed by atoms with Crippen molar-refractivity contribution in [3.63, 3.8) is 0 Å². The van der Waals surface area contributed by atoms with Crippen LogP contribution in [-0.4, -0.2) is 24.1 Å². The number of rotatable bonds is 10. The van der Waals surface area contributed by atoms with Crippen molar-refractivity contribution in [1.82, 2.24) is 24.1 Å². The van der Waals surface area contributed by atoms with Crippen LogP contribution in [0.1, 0.15) is 50.7 Å². The summed E-state index contributed by atoms with van der Waals surface area (Å²) in [7, 11) is 0. The molecule has 0 radical (unpaired) electrons. The average Bonchev–Trinajstić information content (AvgIpc) is 3.72. The Kier molecular flexibility index (Phi) is 8.32. The van der Waals surface area contributed by atoms with Crippen LogP contribution in [0.4, 0.5) is 0 Å². The average molecular weight is 676 g/mol. The minimum absolute atomic E-state index is 0.615. The molecule has 0 N–H and O–H groups in total. The number of aromatic nitrogens is 5. The summed E-state index contributed by atoms with van der Waals surface area (Å²) in [5.41, 5.74) is 10.3. The topological polar surface area (TPSA) is 48.5 Å². The smallest absolute Gasteiger partial charge is 0.238 e. The molecule has 0 aliphatic rings. The van der Waals surface area contributed by atoms with Gasteiger partial charge < -0.3 is 4.57 Å². The van der Waals surface area contributed by atoms with E-state index in [1.54, 1.807) is 0 Å². The van der Waals surface area contributed by atoms with Crippen LogP contribution in [0, 0.1) is 0 Å². The van der Waals surface area contributed by atoms with Crippen LogP contribution in [0.15, 0.2) is 140 Å². The number of unbranched alkanes of at least 4 members (excludes halogenated alkanes) is 2. The lowest BCUT2D eigenvalue weighted by Gasteiger charge is -2.12. The molecule has 0 spiro atoms. The quantitative estimate of drug-likeness (QED) is 0.145. The molecule has 52 heavy (non-hydrogen) atoms. The number of nitrogens with zero attached hydrogens (tertiary/aromatic N) is 5. The van der Waals surface area contributed by atoms with Crippen molar-refractivity contribution in [2.45, 2.75) is 52.4 Å². The Morgan fingerprint density at radius 1 is 0.462 bits per heavy atom. The van der Waals surface area contributed by atoms with E-state index in [0.717, 1.165) is 71.9 Å². The number of hydrogen-bond donors (Lipinski definition) is 0. The molecule has 0 unspecified atom stereocenters. The van der Waals surface area contributed by atoms with Crippen LogP contribution in [-0.2, 0) is 12.8 Å². The lowest BCUT2D eigenvalue weighted by Crippen LogP contribution is -2.06. The Morgan fingerprint density at radius 2 is 0.981 bits per heavy atom. The zero-order valence-corrected chi connectivity index (χ0v) is 29.8. The van der Waals surface area contributed by atoms with Crippen LogP contribution in [0.2, 0.25) is 0 Å². The van der Waals surface area contributed by atoms with Gasteiger partial charge in [-0.2, -0.15) is 9.97 Å². The third-order valence-corrected chi connectivity index (χ3v) is 10.3. The predicted octanol–water partition coefficient (Wildman–Crippen LogP) is 12.1. The van der Waals surface area contributed by atoms with Gasteiger partial charge in [0.15, 0.2) is 11.6 Å². The molecular formula is C47H41N5. The first-order valence-corrected chi connectivity index (χ1v) is 18.7. The molecule has 0 fully saturated rings. The summed E-state index contributed by atoms with van der Waals surface area (Å²) >= 11 is 0. The highest BCUT2D eigenvalue weighted by atomic mass is 15.2. The van der Waals surface area contributed by atoms with E-state index >= 15 is 0 Å². The molecule has 6 aromatic carbocycles. The lowest BCUT2D eigenvalue weighted by atomic mass is 10.0. The van der Waals surface area contributed by atoms with Gasteiger partial charge in [0.1, 0.15) is 0 Å². The molecule has 0 aliphatic carbocycles. The van der Waals surface area contributed by atoms with E-state index in [2.05, 4.69) is 126 Å². The number of benzene rings is 6. The lowest BCUT2D eigenvalue weighted by molar-refractivity contribution is 0.796. The highest BCUT2D eigenvalue weighted by Crippen LogP contribution is 2.42. The van der Waals surface area contributed by atoms with Crippen molar-refractivity contribution < 1.29 is 0 Å². The Balaban J connectivity index is 1.44. The van der Waals surface area contributed by atoms with Crippen LogP contribution in [0.3, 0.4) is 0 Å². The number of aryl methyl sites for hydroxylation is 2. The number of fused-ring (bicyclic) bond motifs is 7. The van der Waals surface area contributed by atoms with E-state index < -0.39 is 0 Å². The third-order valence-electron chi connectivity index (χ3n) is 10.3. The summed E-state index contributed by atoms with van der Waals surface area (Å²) in [6.45, 7) is 4.52. The second-order valence-electron chi connectivity index (χ2n) is 13.8. The maximum absolute atomic E-state index is 5.29. The summed E-state index contributed by atoms with van der Waals surface area (Å²) in [5.74, 6) is 1.92. The van der Waals surface area contributed by atoms with Gasteiger partial charge in [0, 0.05) is 38.4 Å². The van der Waals surface area contributed by atoms with Gasteiger partial charge in [0.05, 0.1) is 22.1 Å². The molecule has 5 heteroatoms. The second kappa shape index (κ2) is 13.6. The van der Waals surface area contributed by atoms with E-state index in [4.69, 9.17) is 15.0 Å². The van der Waals surface area contributed by atoms with Crippen LogP contribution >= 0.6 is 0 Å². The molecule has 0 bridgehead atoms. The van der Waals surface area contributed by atoms with Crippen molar-refractivity contribution in [2.75, 3.05) is 0 Å². The van der Waals surface area contributed by atoms with E-state index in [-0.39, 0.29) is 0 Å². The third kappa shape index (κ3) is 5.54. The molecule has 0 aliphatic heterocycles. The molecule has 5 nitrogen and oxygen atoms in total. The molecule has 3 aromatic heterocycles. The first-order valence-electron chi connectivity index (χ1n) is 18.7. The fourth-order valence-electron chi connectivity index (χ4n) is 7.74. The Bertz CT molecular complexity index is 2630. The zero-order valence-electron chi connectivity index (χ0n) is 29.8. The highest BCUT2D eigenvalue weighted by Gasteiger charge is 2.23. The molecule has 0 atom stereocenters. The summed E-state index contributed by atoms with van der Waals surface area (Å²) < 4.78 is 4.73. The van der Waals surface area contributed by atoms with Gasteiger partial charge in [-0.3, -0.25) is 4.57 Å². The second-order valence-corrected chi connectivity index (χ2v) is 13.8. The van der Waals surface area contributed by atoms with Gasteiger partial charge >= 0.3 is 0 Å². The molecule has 254 valence electrons. The van der Waals surface area contributed by atoms with Crippen LogP contribution in [0.25, 0.3) is 78.0 Å². The molecule has 9 aromatic rings. The summed E-state index contributed by atoms with van der Waals surface area (Å²) in [6.07, 6.45) is 6.75. The zero-order chi connectivity index (χ0) is 35.0. The maximum Gasteiger partial charge on any atom is 0.238 e. The van der Waals surface area contributed by atoms with Crippen molar-refractivity contribution in [3.05, 3.63) is 151 Å². The predicted molar refractivity (Wildman–Crippen MR) is 217 cm³/mol. The van der Waals surface area contributed by atoms with Crippen molar-refractivity contribution >= 4 is 43.6 Å². The minimum atomic E-state index is 0.615. The van der Waals surface area contributed by atoms with E-state index in [1.165, 1.54) is 38.2 Å². The Morgan fingerprint density at radius 3 is 1.56 bits per heavy atom. The van der Waals surface area contributed by atoms with Crippen molar-refractivity contribution in [1.29, 1.82) is 0 Å². The van der Waals surface area contributed by atoms with Crippen LogP contribution < -0.4 is 0 Å². The van der Waals surface area contributed by atoms with Gasteiger partial charge in [0.2, 0.25) is 5.95 Å². The van der Waals surface area contributed by atoms with E-state index in [0.29, 0.717) is 17.6 Å². The number of hydrogen-bond acceptors (Lipinski definition) is 3. The Hall–Kier alpha value is -6.07. The largest absolute Gasteiger partial charge is 0.309 e. The number of para-hydroxylation sites is 1. The van der Waals surface area contributed by atoms with Crippen molar-refractivity contribution in [3.8, 4) is 34.4 Å². The monoisotopic (exact) mass is 675 g/mol. The summed E-state index contributed by atoms with van der Waals surface area (Å²) in [6, 6.07) is 49.9. The van der Waals surface area contributed by atoms with Gasteiger partial charge in [0.25, 0.3) is 0 Å². The molecular weight excluding hydrogens is 635 g/mol. The van der Waals surface area contributed by atoms with E-state index in [1.807, 2.05) is 36.4 Å². The summed E-state index contributed by atoms with van der Waals surface area (Å²) in [5, 5.41) is 4.88. The Labute approximate surface area is 304 Å². The molecule has 3 heterocycles. The van der Waals surface area contributed by atoms with Crippen molar-refractivity contribution in [2.24, 2.45) is 0 Å². The molecule has 0 saturated carbocycles. The standard InChI is InChI=1S/C47H41N5/c1-3-5-16-32-24-27-40-38(30-32)37-26-29-42-43(39-31-33(17-6-4-2)25-28-41(39)51(42)36-22-14-9-15-23-36)44(37)52(40)47-49-45(34-18-10-7-11-19-34)48-46(50-47)35-20-12-8-13-21-35/h7-15,18-31H,3-6,16-17H2,1-2H3. The van der Waals surface area contributed by atoms with Crippen LogP contribution in [0.5, 0.6) is 0 Å². The molecule has 0 saturated heterocycles. The highest BCUT2D eigenvalue weighted by molar-refractivity contribution is 6.26. The maximum atomic E-state index is 5.29. The molecule has 0 amide bonds. The van der Waals surface area contributed by atoms with Gasteiger partial charge in [-0.25, -0.2) is 4.98 Å². The van der Waals surface area contributed by atoms with Gasteiger partial charge in [-0.05, 0) is 79.3 Å². The normalized spacial score (nSPS) is 11.7. The minimum Gasteiger partial charge on any atom is -0.309 e. The first kappa shape index (κ1) is 31.9. The molecule has 9 rings (SSSR count). The fourth-order valence-corrected chi connectivity index (χ4v) is 7.74. The summed E-state index contributed by atoms with van der Waals surface area (Å²) in [4.78, 5) is 15.6.